The summed E-state index contributed by atoms with van der Waals surface area (Å²) in [5, 5.41) is 5.75. The molecule has 3 fully saturated rings. The van der Waals surface area contributed by atoms with Crippen LogP contribution in [0.25, 0.3) is 0 Å². The summed E-state index contributed by atoms with van der Waals surface area (Å²) in [7, 11) is 0. The fourth-order valence-electron chi connectivity index (χ4n) is 5.58. The quantitative estimate of drug-likeness (QED) is 0.105. The Morgan fingerprint density at radius 2 is 1.49 bits per heavy atom. The first-order valence-corrected chi connectivity index (χ1v) is 18.5. The number of cyclic esters (lactones) is 1. The van der Waals surface area contributed by atoms with Crippen LogP contribution in [0.3, 0.4) is 0 Å². The summed E-state index contributed by atoms with van der Waals surface area (Å²) in [6.45, 7) is 11.7. The standard InChI is InChI=1S/C17H24ClNO2.C14H9ClF3NO2.C7H5F3O.C2H5.B.Mg/c1-11(2)15-10-12(3)4-9-16(15)21-17(20)19-14-7-5-13(18)6-8-14;15-9-3-4-11-10(7-9)13(14(16,17)18,21-12(20)19-11)6-5-8-1-2-8;8-7(9,10)6(11)4-3-5-1-2-5;1-2;;/h5-8,11-12,15-16H,4,9-10H2,1-3H3,(H,19,20);3-4,7-8H,1-2H2,(H,19,20);5H,1-2H2;1H2,2H3;;/q;;;2*-1;+2/t12-,15-,16+;;;;;/m0...../s1. The van der Waals surface area contributed by atoms with Crippen molar-refractivity contribution in [2.24, 2.45) is 29.6 Å². The molecule has 57 heavy (non-hydrogen) atoms. The zero-order valence-corrected chi connectivity index (χ0v) is 34.9. The van der Waals surface area contributed by atoms with Gasteiger partial charge in [-0.2, -0.15) is 33.3 Å². The molecule has 0 bridgehead atoms. The van der Waals surface area contributed by atoms with Gasteiger partial charge in [0.2, 0.25) is 0 Å². The normalized spacial score (nSPS) is 21.8. The third-order valence-corrected chi connectivity index (χ3v) is 9.29. The number of ketones is 1. The molecule has 4 aliphatic rings. The average Bonchev–Trinajstić information content (AvgIpc) is 4.05. The molecule has 3 saturated carbocycles. The summed E-state index contributed by atoms with van der Waals surface area (Å²) in [6, 6.07) is 10.8. The second-order valence-electron chi connectivity index (χ2n) is 13.7. The van der Waals surface area contributed by atoms with Gasteiger partial charge in [0.05, 0.1) is 5.69 Å². The zero-order valence-electron chi connectivity index (χ0n) is 32.0. The van der Waals surface area contributed by atoms with Crippen LogP contribution in [0.5, 0.6) is 0 Å². The van der Waals surface area contributed by atoms with Gasteiger partial charge in [-0.05, 0) is 117 Å². The molecule has 1 heterocycles. The molecule has 17 heteroatoms. The van der Waals surface area contributed by atoms with E-state index in [1.807, 2.05) is 0 Å². The van der Waals surface area contributed by atoms with Crippen LogP contribution in [-0.4, -0.2) is 67.9 Å². The zero-order chi connectivity index (χ0) is 41.1. The van der Waals surface area contributed by atoms with E-state index in [1.165, 1.54) is 12.1 Å². The monoisotopic (exact) mass is 850 g/mol. The first-order chi connectivity index (χ1) is 25.8. The number of hydrogen-bond donors (Lipinski definition) is 2. The van der Waals surface area contributed by atoms with Gasteiger partial charge in [0.15, 0.2) is 0 Å². The maximum absolute atomic E-state index is 13.6. The van der Waals surface area contributed by atoms with E-state index in [1.54, 1.807) is 37.1 Å². The number of Topliss-reactive ketones (excluding diaryl/α,β-unsaturated/α-hetero) is 1. The minimum Gasteiger partial charge on any atom is -1.00 e. The molecule has 6 rings (SSSR count). The van der Waals surface area contributed by atoms with Crippen molar-refractivity contribution in [2.45, 2.75) is 96.7 Å². The second-order valence-corrected chi connectivity index (χ2v) is 14.6. The Morgan fingerprint density at radius 3 is 2.02 bits per heavy atom. The van der Waals surface area contributed by atoms with Crippen LogP contribution in [0.2, 0.25) is 10.0 Å². The number of anilines is 2. The maximum Gasteiger partial charge on any atom is 2.00 e. The second kappa shape index (κ2) is 22.8. The van der Waals surface area contributed by atoms with E-state index in [0.717, 1.165) is 56.9 Å². The minimum absolute atomic E-state index is 0. The third kappa shape index (κ3) is 16.1. The molecule has 4 atom stereocenters. The number of benzene rings is 2. The van der Waals surface area contributed by atoms with Crippen molar-refractivity contribution in [1.82, 2.24) is 0 Å². The Labute approximate surface area is 358 Å². The molecule has 0 saturated heterocycles. The van der Waals surface area contributed by atoms with Crippen LogP contribution < -0.4 is 10.6 Å². The Bertz CT molecular complexity index is 1790. The number of amides is 2. The molecular weight excluding hydrogens is 808 g/mol. The molecule has 2 aromatic rings. The van der Waals surface area contributed by atoms with Crippen LogP contribution in [0.15, 0.2) is 42.5 Å². The van der Waals surface area contributed by atoms with Gasteiger partial charge in [-0.3, -0.25) is 15.4 Å². The van der Waals surface area contributed by atoms with Gasteiger partial charge in [0.25, 0.3) is 5.60 Å². The van der Waals surface area contributed by atoms with E-state index in [4.69, 9.17) is 27.9 Å². The van der Waals surface area contributed by atoms with E-state index < -0.39 is 29.8 Å². The number of hydrogen-bond acceptors (Lipinski definition) is 5. The predicted octanol–water partition coefficient (Wildman–Crippen LogP) is 11.0. The third-order valence-electron chi connectivity index (χ3n) is 8.80. The SMILES string of the molecule is CC(C)[C@@H]1C[C@@H](C)CC[C@H]1OC(=O)Nc1ccc(Cl)cc1.O=C(C#CC1CC1)C(F)(F)F.O=C1Nc2ccc(Cl)cc2C(C#CC2CC2)(C(F)(F)F)O1.[B-].[CH2-]C.[Mg+2]. The molecule has 0 spiro atoms. The summed E-state index contributed by atoms with van der Waals surface area (Å²) in [5.41, 5.74) is -2.57. The minimum atomic E-state index is -4.87. The largest absolute Gasteiger partial charge is 2.00 e. The van der Waals surface area contributed by atoms with Crippen LogP contribution in [-0.2, 0) is 19.9 Å². The molecule has 2 N–H and O–H groups in total. The number of rotatable bonds is 3. The number of alkyl halides is 6. The first kappa shape index (κ1) is 51.8. The van der Waals surface area contributed by atoms with E-state index >= 15 is 0 Å². The van der Waals surface area contributed by atoms with E-state index in [2.05, 4.69) is 60.8 Å². The number of ether oxygens (including phenoxy) is 2. The van der Waals surface area contributed by atoms with E-state index in [-0.39, 0.29) is 71.8 Å². The molecule has 304 valence electrons. The summed E-state index contributed by atoms with van der Waals surface area (Å²) in [6.07, 6.45) is -4.82. The first-order valence-electron chi connectivity index (χ1n) is 17.7. The number of halogens is 8. The van der Waals surface area contributed by atoms with Gasteiger partial charge in [-0.15, -0.1) is 0 Å². The molecule has 1 aliphatic heterocycles. The molecule has 3 aliphatic carbocycles. The Balaban J connectivity index is 0.000000430. The molecular formula is C40H43BCl2F6MgN2O5. The molecule has 1 unspecified atom stereocenters. The van der Waals surface area contributed by atoms with Crippen molar-refractivity contribution in [3.8, 4) is 23.7 Å². The van der Waals surface area contributed by atoms with Crippen molar-refractivity contribution in [2.75, 3.05) is 10.6 Å². The Morgan fingerprint density at radius 1 is 0.930 bits per heavy atom. The summed E-state index contributed by atoms with van der Waals surface area (Å²) in [5.74, 6) is 8.20. The van der Waals surface area contributed by atoms with Crippen molar-refractivity contribution in [3.05, 3.63) is 65.0 Å². The van der Waals surface area contributed by atoms with Gasteiger partial charge in [0.1, 0.15) is 6.10 Å². The fourth-order valence-corrected chi connectivity index (χ4v) is 5.88. The summed E-state index contributed by atoms with van der Waals surface area (Å²) >= 11 is 11.6. The fraction of sp³-hybridized carbons (Fsp3) is 0.500. The molecule has 2 aromatic carbocycles. The van der Waals surface area contributed by atoms with E-state index in [0.29, 0.717) is 22.5 Å². The molecule has 0 aromatic heterocycles. The number of nitrogens with one attached hydrogen (secondary N) is 2. The van der Waals surface area contributed by atoms with Crippen molar-refractivity contribution in [1.29, 1.82) is 0 Å². The maximum atomic E-state index is 13.6. The van der Waals surface area contributed by atoms with Crippen LogP contribution in [0.4, 0.5) is 47.3 Å². The average molecular weight is 852 g/mol. The van der Waals surface area contributed by atoms with Crippen LogP contribution in [0, 0.1) is 60.2 Å². The van der Waals surface area contributed by atoms with Gasteiger partial charge in [-0.25, -0.2) is 9.59 Å². The van der Waals surface area contributed by atoms with E-state index in [9.17, 15) is 40.7 Å². The molecule has 7 nitrogen and oxygen atoms in total. The van der Waals surface area contributed by atoms with Crippen molar-refractivity contribution < 1.29 is 50.2 Å². The molecule has 2 amide bonds. The van der Waals surface area contributed by atoms with Crippen molar-refractivity contribution in [3.63, 3.8) is 0 Å². The van der Waals surface area contributed by atoms with Gasteiger partial charge < -0.3 is 24.8 Å². The summed E-state index contributed by atoms with van der Waals surface area (Å²) in [4.78, 5) is 33.6. The Kier molecular flexibility index (Phi) is 20.7. The number of fused-ring (bicyclic) bond motifs is 1. The number of carbonyl (C=O) groups is 3. The topological polar surface area (TPSA) is 93.7 Å². The van der Waals surface area contributed by atoms with Crippen LogP contribution >= 0.6 is 23.2 Å². The Hall–Kier alpha value is -3.24. The summed E-state index contributed by atoms with van der Waals surface area (Å²) < 4.78 is 85.5. The smallest absolute Gasteiger partial charge is 1.00 e. The van der Waals surface area contributed by atoms with Gasteiger partial charge >= 0.3 is 53.4 Å². The van der Waals surface area contributed by atoms with Gasteiger partial charge in [-0.1, -0.05) is 55.8 Å². The predicted molar refractivity (Wildman–Crippen MR) is 211 cm³/mol. The van der Waals surface area contributed by atoms with Crippen molar-refractivity contribution >= 4 is 84.0 Å². The number of carbonyl (C=O) groups excluding carboxylic acids is 3. The van der Waals surface area contributed by atoms with Crippen LogP contribution in [0.1, 0.15) is 78.2 Å². The molecule has 4 radical (unpaired) electrons. The van der Waals surface area contributed by atoms with Gasteiger partial charge in [0, 0.05) is 33.1 Å².